The Kier molecular flexibility index (Phi) is 18.6. The number of rotatable bonds is 15. The summed E-state index contributed by atoms with van der Waals surface area (Å²) in [6.07, 6.45) is 20.4. The Labute approximate surface area is 141 Å². The summed E-state index contributed by atoms with van der Waals surface area (Å²) in [4.78, 5) is 0. The van der Waals surface area contributed by atoms with E-state index in [1.165, 1.54) is 96.4 Å². The lowest BCUT2D eigenvalue weighted by Gasteiger charge is -2.23. The molecule has 0 radical (unpaired) electrons. The normalized spacial score (nSPS) is 11.4. The second-order valence-corrected chi connectivity index (χ2v) is 7.61. The molecule has 0 aromatic heterocycles. The molecule has 0 aromatic carbocycles. The van der Waals surface area contributed by atoms with E-state index in [-0.39, 0.29) is 12.4 Å². The molecule has 2 heteroatoms. The second kappa shape index (κ2) is 16.6. The van der Waals surface area contributed by atoms with Crippen molar-refractivity contribution in [3.8, 4) is 0 Å². The largest absolute Gasteiger partial charge is 0.331 e. The van der Waals surface area contributed by atoms with Crippen molar-refractivity contribution in [2.24, 2.45) is 0 Å². The fourth-order valence-electron chi connectivity index (χ4n) is 2.78. The predicted octanol–water partition coefficient (Wildman–Crippen LogP) is 6.60. The molecule has 0 unspecified atom stereocenters. The lowest BCUT2D eigenvalue weighted by Crippen LogP contribution is -2.35. The highest BCUT2D eigenvalue weighted by atomic mass is 35.5. The molecule has 0 spiro atoms. The van der Waals surface area contributed by atoms with Gasteiger partial charge in [0.1, 0.15) is 0 Å². The zero-order chi connectivity index (χ0) is 15.1. The molecule has 0 bridgehead atoms. The van der Waals surface area contributed by atoms with Gasteiger partial charge in [-0.15, -0.1) is 12.4 Å². The zero-order valence-electron chi connectivity index (χ0n) is 15.5. The number of hydrogen-bond acceptors (Lipinski definition) is 0. The van der Waals surface area contributed by atoms with E-state index in [1.54, 1.807) is 0 Å². The van der Waals surface area contributed by atoms with Crippen LogP contribution in [0.1, 0.15) is 96.8 Å². The molecule has 0 rings (SSSR count). The van der Waals surface area contributed by atoms with Crippen molar-refractivity contribution in [2.45, 2.75) is 96.8 Å². The number of quaternary nitrogens is 1. The first-order chi connectivity index (χ1) is 9.56. The topological polar surface area (TPSA) is 0 Å². The van der Waals surface area contributed by atoms with Gasteiger partial charge in [-0.2, -0.15) is 0 Å². The van der Waals surface area contributed by atoms with Crippen molar-refractivity contribution in [2.75, 3.05) is 27.7 Å². The standard InChI is InChI=1S/C19H42N.ClH/c1-5-6-7-8-9-10-11-12-13-14-15-16-17-18-19-20(2,3)4;/h5-19H2,1-4H3;1H/q+1;. The molecular weight excluding hydrogens is 278 g/mol. The Balaban J connectivity index is 0. The van der Waals surface area contributed by atoms with Crippen LogP contribution >= 0.6 is 12.4 Å². The first-order valence-electron chi connectivity index (χ1n) is 9.36. The molecule has 0 heterocycles. The maximum atomic E-state index is 2.29. The SMILES string of the molecule is CCCCCCCCCCCCCCCC[N+](C)(C)C.Cl. The van der Waals surface area contributed by atoms with E-state index in [1.807, 2.05) is 0 Å². The minimum absolute atomic E-state index is 0. The van der Waals surface area contributed by atoms with E-state index in [4.69, 9.17) is 0 Å². The van der Waals surface area contributed by atoms with Gasteiger partial charge in [0, 0.05) is 0 Å². The van der Waals surface area contributed by atoms with Gasteiger partial charge < -0.3 is 4.48 Å². The van der Waals surface area contributed by atoms with E-state index in [2.05, 4.69) is 28.1 Å². The molecule has 21 heavy (non-hydrogen) atoms. The number of hydrogen-bond donors (Lipinski definition) is 0. The van der Waals surface area contributed by atoms with E-state index < -0.39 is 0 Å². The second-order valence-electron chi connectivity index (χ2n) is 7.61. The van der Waals surface area contributed by atoms with Gasteiger partial charge in [0.2, 0.25) is 0 Å². The first-order valence-corrected chi connectivity index (χ1v) is 9.36. The Bertz CT molecular complexity index is 186. The molecule has 0 saturated heterocycles. The zero-order valence-corrected chi connectivity index (χ0v) is 16.3. The van der Waals surface area contributed by atoms with Crippen LogP contribution in [-0.2, 0) is 0 Å². The molecule has 0 aliphatic heterocycles. The summed E-state index contributed by atoms with van der Waals surface area (Å²) < 4.78 is 1.12. The van der Waals surface area contributed by atoms with Crippen LogP contribution in [0, 0.1) is 0 Å². The van der Waals surface area contributed by atoms with Gasteiger partial charge in [-0.25, -0.2) is 0 Å². The van der Waals surface area contributed by atoms with Crippen LogP contribution in [0.3, 0.4) is 0 Å². The van der Waals surface area contributed by atoms with E-state index in [9.17, 15) is 0 Å². The first kappa shape index (κ1) is 23.5. The van der Waals surface area contributed by atoms with Crippen LogP contribution in [0.5, 0.6) is 0 Å². The maximum absolute atomic E-state index is 2.29. The third kappa shape index (κ3) is 22.7. The number of nitrogens with zero attached hydrogens (tertiary/aromatic N) is 1. The van der Waals surface area contributed by atoms with Crippen LogP contribution in [0.15, 0.2) is 0 Å². The van der Waals surface area contributed by atoms with Crippen LogP contribution in [-0.4, -0.2) is 32.2 Å². The predicted molar refractivity (Wildman–Crippen MR) is 100 cm³/mol. The molecule has 0 saturated carbocycles. The van der Waals surface area contributed by atoms with Crippen molar-refractivity contribution in [3.05, 3.63) is 0 Å². The lowest BCUT2D eigenvalue weighted by atomic mass is 10.0. The minimum Gasteiger partial charge on any atom is -0.331 e. The Morgan fingerprint density at radius 1 is 0.476 bits per heavy atom. The molecule has 0 amide bonds. The highest BCUT2D eigenvalue weighted by Crippen LogP contribution is 2.13. The minimum atomic E-state index is 0. The Morgan fingerprint density at radius 2 is 0.762 bits per heavy atom. The molecule has 0 N–H and O–H groups in total. The molecule has 0 fully saturated rings. The highest BCUT2D eigenvalue weighted by molar-refractivity contribution is 5.85. The molecule has 1 nitrogen and oxygen atoms in total. The number of halogens is 1. The average Bonchev–Trinajstić information content (AvgIpc) is 2.38. The maximum Gasteiger partial charge on any atom is 0.0780 e. The monoisotopic (exact) mass is 320 g/mol. The van der Waals surface area contributed by atoms with Crippen molar-refractivity contribution in [1.29, 1.82) is 0 Å². The quantitative estimate of drug-likeness (QED) is 0.236. The van der Waals surface area contributed by atoms with E-state index in [0.29, 0.717) is 0 Å². The molecule has 0 aromatic rings. The fraction of sp³-hybridized carbons (Fsp3) is 1.00. The molecule has 130 valence electrons. The summed E-state index contributed by atoms with van der Waals surface area (Å²) in [6, 6.07) is 0. The van der Waals surface area contributed by atoms with E-state index >= 15 is 0 Å². The summed E-state index contributed by atoms with van der Waals surface area (Å²) in [5.41, 5.74) is 0. The molecule has 0 atom stereocenters. The van der Waals surface area contributed by atoms with Gasteiger partial charge in [-0.1, -0.05) is 84.0 Å². The average molecular weight is 321 g/mol. The Morgan fingerprint density at radius 3 is 1.05 bits per heavy atom. The fourth-order valence-corrected chi connectivity index (χ4v) is 2.78. The van der Waals surface area contributed by atoms with Gasteiger partial charge in [0.15, 0.2) is 0 Å². The smallest absolute Gasteiger partial charge is 0.0780 e. The van der Waals surface area contributed by atoms with Gasteiger partial charge in [-0.3, -0.25) is 0 Å². The third-order valence-corrected chi connectivity index (χ3v) is 4.18. The summed E-state index contributed by atoms with van der Waals surface area (Å²) in [5, 5.41) is 0. The van der Waals surface area contributed by atoms with Crippen molar-refractivity contribution in [1.82, 2.24) is 0 Å². The van der Waals surface area contributed by atoms with Gasteiger partial charge in [0.25, 0.3) is 0 Å². The van der Waals surface area contributed by atoms with Crippen molar-refractivity contribution >= 4 is 12.4 Å². The van der Waals surface area contributed by atoms with Gasteiger partial charge in [0.05, 0.1) is 27.7 Å². The Hall–Kier alpha value is 0.250. The van der Waals surface area contributed by atoms with E-state index in [0.717, 1.165) is 4.48 Å². The molecular formula is C19H43ClN+. The van der Waals surface area contributed by atoms with Gasteiger partial charge in [-0.05, 0) is 12.8 Å². The van der Waals surface area contributed by atoms with Crippen LogP contribution in [0.25, 0.3) is 0 Å². The van der Waals surface area contributed by atoms with Gasteiger partial charge >= 0.3 is 0 Å². The summed E-state index contributed by atoms with van der Waals surface area (Å²) in [7, 11) is 6.88. The summed E-state index contributed by atoms with van der Waals surface area (Å²) in [6.45, 7) is 3.63. The van der Waals surface area contributed by atoms with Crippen LogP contribution in [0.2, 0.25) is 0 Å². The van der Waals surface area contributed by atoms with Crippen molar-refractivity contribution in [3.63, 3.8) is 0 Å². The van der Waals surface area contributed by atoms with Crippen LogP contribution in [0.4, 0.5) is 0 Å². The number of unbranched alkanes of at least 4 members (excludes halogenated alkanes) is 13. The van der Waals surface area contributed by atoms with Crippen molar-refractivity contribution < 1.29 is 4.48 Å². The summed E-state index contributed by atoms with van der Waals surface area (Å²) >= 11 is 0. The van der Waals surface area contributed by atoms with Crippen LogP contribution < -0.4 is 0 Å². The third-order valence-electron chi connectivity index (χ3n) is 4.18. The summed E-state index contributed by atoms with van der Waals surface area (Å²) in [5.74, 6) is 0. The molecule has 0 aliphatic carbocycles. The lowest BCUT2D eigenvalue weighted by molar-refractivity contribution is -0.870. The highest BCUT2D eigenvalue weighted by Gasteiger charge is 2.04. The molecule has 0 aliphatic rings.